The Morgan fingerprint density at radius 3 is 2.03 bits per heavy atom. The fourth-order valence-electron chi connectivity index (χ4n) is 2.35. The third kappa shape index (κ3) is 11.0. The van der Waals surface area contributed by atoms with Gasteiger partial charge in [0, 0.05) is 5.75 Å². The number of amides is 3. The third-order valence-corrected chi connectivity index (χ3v) is 5.17. The fraction of sp³-hybridized carbons (Fsp3) is 0.765. The Hall–Kier alpha value is -1.54. The van der Waals surface area contributed by atoms with Gasteiger partial charge in [0.15, 0.2) is 0 Å². The molecular weight excluding hydrogens is 434 g/mol. The number of aliphatic carboxylic acids is 1. The lowest BCUT2D eigenvalue weighted by Gasteiger charge is -2.24. The Morgan fingerprint density at radius 2 is 1.53 bits per heavy atom. The zero-order valence-electron chi connectivity index (χ0n) is 17.0. The first kappa shape index (κ1) is 28.5. The summed E-state index contributed by atoms with van der Waals surface area (Å²) in [7, 11) is 0. The number of unbranched alkanes of at least 4 members (excludes halogenated alkanes) is 1. The molecule has 0 bridgehead atoms. The van der Waals surface area contributed by atoms with Gasteiger partial charge < -0.3 is 37.6 Å². The number of carbonyl (C=O) groups is 4. The molecule has 3 amide bonds. The molecule has 0 aliphatic carbocycles. The molecule has 0 aliphatic rings. The lowest BCUT2D eigenvalue weighted by Crippen LogP contribution is -2.58. The molecule has 0 fully saturated rings. The molecule has 0 saturated carbocycles. The number of carboxylic acid groups (broad SMARTS) is 1. The molecule has 0 rings (SSSR count). The quantitative estimate of drug-likeness (QED) is 0.0905. The van der Waals surface area contributed by atoms with Crippen LogP contribution in [0.1, 0.15) is 25.7 Å². The van der Waals surface area contributed by atoms with Crippen LogP contribution >= 0.6 is 24.4 Å². The molecule has 13 heteroatoms. The van der Waals surface area contributed by atoms with E-state index in [-0.39, 0.29) is 5.75 Å². The Morgan fingerprint density at radius 1 is 0.967 bits per heavy atom. The highest BCUT2D eigenvalue weighted by Crippen LogP contribution is 2.05. The van der Waals surface area contributed by atoms with E-state index in [0.717, 1.165) is 6.42 Å². The van der Waals surface area contributed by atoms with Crippen LogP contribution in [0.25, 0.3) is 0 Å². The van der Waals surface area contributed by atoms with Crippen molar-refractivity contribution < 1.29 is 29.4 Å². The number of hydrogen-bond donors (Lipinski definition) is 8. The van der Waals surface area contributed by atoms with Gasteiger partial charge in [-0.25, -0.2) is 4.79 Å². The molecule has 0 spiro atoms. The molecule has 9 N–H and O–H groups in total. The Labute approximate surface area is 185 Å². The van der Waals surface area contributed by atoms with E-state index in [1.807, 2.05) is 6.26 Å². The molecule has 0 aromatic rings. The second-order valence-electron chi connectivity index (χ2n) is 6.56. The van der Waals surface area contributed by atoms with Crippen molar-refractivity contribution >= 4 is 48.1 Å². The molecule has 4 unspecified atom stereocenters. The lowest BCUT2D eigenvalue weighted by molar-refractivity contribution is -0.143. The minimum Gasteiger partial charge on any atom is -0.480 e. The predicted octanol–water partition coefficient (Wildman–Crippen LogP) is -2.34. The number of nitrogens with one attached hydrogen (secondary N) is 3. The summed E-state index contributed by atoms with van der Waals surface area (Å²) in [6.45, 7) is -0.304. The number of nitrogens with two attached hydrogens (primary N) is 2. The Balaban J connectivity index is 5.02. The number of thioether (sulfide) groups is 1. The first-order valence-corrected chi connectivity index (χ1v) is 11.5. The minimum atomic E-state index is -1.50. The third-order valence-electron chi connectivity index (χ3n) is 4.16. The average Bonchev–Trinajstić information content (AvgIpc) is 2.72. The van der Waals surface area contributed by atoms with Crippen LogP contribution in [0.15, 0.2) is 0 Å². The number of hydrogen-bond acceptors (Lipinski definition) is 9. The van der Waals surface area contributed by atoms with Crippen molar-refractivity contribution in [2.45, 2.75) is 49.9 Å². The Kier molecular flexibility index (Phi) is 15.4. The second-order valence-corrected chi connectivity index (χ2v) is 7.91. The summed E-state index contributed by atoms with van der Waals surface area (Å²) in [5, 5.41) is 25.1. The minimum absolute atomic E-state index is 0.114. The molecule has 4 atom stereocenters. The molecule has 174 valence electrons. The van der Waals surface area contributed by atoms with Crippen LogP contribution < -0.4 is 27.4 Å². The predicted molar refractivity (Wildman–Crippen MR) is 118 cm³/mol. The maximum absolute atomic E-state index is 12.7. The topological polar surface area (TPSA) is 197 Å². The van der Waals surface area contributed by atoms with Gasteiger partial charge in [-0.1, -0.05) is 6.42 Å². The molecule has 30 heavy (non-hydrogen) atoms. The van der Waals surface area contributed by atoms with E-state index in [4.69, 9.17) is 21.7 Å². The summed E-state index contributed by atoms with van der Waals surface area (Å²) >= 11 is 5.50. The summed E-state index contributed by atoms with van der Waals surface area (Å²) < 4.78 is 0. The van der Waals surface area contributed by atoms with Gasteiger partial charge in [-0.3, -0.25) is 14.4 Å². The van der Waals surface area contributed by atoms with Crippen LogP contribution in [-0.2, 0) is 19.2 Å². The second kappa shape index (κ2) is 16.2. The summed E-state index contributed by atoms with van der Waals surface area (Å²) in [5.74, 6) is -2.86. The van der Waals surface area contributed by atoms with E-state index >= 15 is 0 Å². The van der Waals surface area contributed by atoms with Gasteiger partial charge in [-0.05, 0) is 37.8 Å². The van der Waals surface area contributed by atoms with Crippen molar-refractivity contribution in [3.8, 4) is 0 Å². The van der Waals surface area contributed by atoms with Gasteiger partial charge >= 0.3 is 5.97 Å². The van der Waals surface area contributed by atoms with Gasteiger partial charge in [0.25, 0.3) is 0 Å². The van der Waals surface area contributed by atoms with Gasteiger partial charge in [0.2, 0.25) is 17.7 Å². The maximum Gasteiger partial charge on any atom is 0.328 e. The number of carboxylic acids is 1. The molecule has 0 aliphatic heterocycles. The van der Waals surface area contributed by atoms with E-state index in [0.29, 0.717) is 31.6 Å². The lowest BCUT2D eigenvalue weighted by atomic mass is 10.1. The smallest absolute Gasteiger partial charge is 0.328 e. The van der Waals surface area contributed by atoms with Crippen LogP contribution in [0.4, 0.5) is 0 Å². The van der Waals surface area contributed by atoms with Gasteiger partial charge in [-0.2, -0.15) is 24.4 Å². The van der Waals surface area contributed by atoms with Crippen LogP contribution in [0.5, 0.6) is 0 Å². The van der Waals surface area contributed by atoms with Gasteiger partial charge in [0.05, 0.1) is 12.6 Å². The van der Waals surface area contributed by atoms with Crippen LogP contribution in [0.2, 0.25) is 0 Å². The van der Waals surface area contributed by atoms with Crippen molar-refractivity contribution in [1.29, 1.82) is 0 Å². The fourth-order valence-corrected chi connectivity index (χ4v) is 3.08. The van der Waals surface area contributed by atoms with Crippen molar-refractivity contribution in [2.24, 2.45) is 11.5 Å². The molecule has 0 aromatic heterocycles. The molecular formula is C17H33N5O6S2. The normalized spacial score (nSPS) is 14.8. The first-order chi connectivity index (χ1) is 14.2. The summed E-state index contributed by atoms with van der Waals surface area (Å²) in [6, 6.07) is -4.36. The monoisotopic (exact) mass is 467 g/mol. The number of aliphatic hydroxyl groups is 1. The number of carbonyl (C=O) groups excluding carboxylic acids is 3. The summed E-state index contributed by atoms with van der Waals surface area (Å²) in [4.78, 5) is 48.2. The number of aliphatic hydroxyl groups excluding tert-OH is 1. The average molecular weight is 468 g/mol. The Bertz CT molecular complexity index is 569. The molecule has 0 heterocycles. The first-order valence-electron chi connectivity index (χ1n) is 9.51. The standard InChI is InChI=1S/C17H33N5O6S2/c1-30-7-5-11(20-14(24)10(19)4-2-3-6-18)15(25)22-13(9-29)16(26)21-12(8-23)17(27)28/h10-13,23,29H,2-9,18-19H2,1H3,(H,20,24)(H,21,26)(H,22,25)(H,27,28). The van der Waals surface area contributed by atoms with E-state index in [1.165, 1.54) is 11.8 Å². The van der Waals surface area contributed by atoms with Crippen LogP contribution in [0, 0.1) is 0 Å². The molecule has 11 nitrogen and oxygen atoms in total. The molecule has 0 saturated heterocycles. The maximum atomic E-state index is 12.7. The van der Waals surface area contributed by atoms with Crippen molar-refractivity contribution in [2.75, 3.05) is 30.9 Å². The SMILES string of the molecule is CSCCC(NC(=O)C(N)CCCCN)C(=O)NC(CS)C(=O)NC(CO)C(=O)O. The van der Waals surface area contributed by atoms with Crippen molar-refractivity contribution in [3.63, 3.8) is 0 Å². The largest absolute Gasteiger partial charge is 0.480 e. The summed E-state index contributed by atoms with van der Waals surface area (Å²) in [6.07, 6.45) is 4.01. The molecule has 0 aromatic carbocycles. The highest BCUT2D eigenvalue weighted by Gasteiger charge is 2.29. The van der Waals surface area contributed by atoms with E-state index in [1.54, 1.807) is 0 Å². The zero-order chi connectivity index (χ0) is 23.1. The van der Waals surface area contributed by atoms with Gasteiger partial charge in [-0.15, -0.1) is 0 Å². The van der Waals surface area contributed by atoms with E-state index in [9.17, 15) is 19.2 Å². The summed E-state index contributed by atoms with van der Waals surface area (Å²) in [5.41, 5.74) is 11.3. The number of thiol groups is 1. The molecule has 0 radical (unpaired) electrons. The van der Waals surface area contributed by atoms with E-state index in [2.05, 4.69) is 28.6 Å². The van der Waals surface area contributed by atoms with Crippen molar-refractivity contribution in [3.05, 3.63) is 0 Å². The highest BCUT2D eigenvalue weighted by molar-refractivity contribution is 7.98. The van der Waals surface area contributed by atoms with E-state index < -0.39 is 54.5 Å². The zero-order valence-corrected chi connectivity index (χ0v) is 18.7. The van der Waals surface area contributed by atoms with Crippen LogP contribution in [-0.4, -0.2) is 89.0 Å². The number of rotatable bonds is 16. The highest BCUT2D eigenvalue weighted by atomic mass is 32.2. The van der Waals surface area contributed by atoms with Crippen molar-refractivity contribution in [1.82, 2.24) is 16.0 Å². The van der Waals surface area contributed by atoms with Gasteiger partial charge in [0.1, 0.15) is 18.1 Å². The van der Waals surface area contributed by atoms with Crippen LogP contribution in [0.3, 0.4) is 0 Å².